The van der Waals surface area contributed by atoms with Crippen LogP contribution in [0.1, 0.15) is 1.43 Å². The van der Waals surface area contributed by atoms with Crippen molar-refractivity contribution in [1.82, 2.24) is 0 Å². The zero-order valence-corrected chi connectivity index (χ0v) is 5.94. The van der Waals surface area contributed by atoms with Gasteiger partial charge in [0.2, 0.25) is 0 Å². The molecular formula is H3NaO4S. The molecule has 34 valence electrons. The summed E-state index contributed by atoms with van der Waals surface area (Å²) in [5, 5.41) is 0. The second-order valence-corrected chi connectivity index (χ2v) is 1.75. The molecule has 1 aliphatic heterocycles. The van der Waals surface area contributed by atoms with Crippen LogP contribution in [0.15, 0.2) is 0 Å². The van der Waals surface area contributed by atoms with Gasteiger partial charge in [0.05, 0.1) is 0 Å². The Morgan fingerprint density at radius 2 is 1.50 bits per heavy atom. The van der Waals surface area contributed by atoms with Crippen LogP contribution in [0.25, 0.3) is 0 Å². The maximum atomic E-state index is 7.83. The summed E-state index contributed by atoms with van der Waals surface area (Å²) >= 11 is -2.92. The molecular weight excluding hydrogens is 119 g/mol. The zero-order chi connectivity index (χ0) is 3.91. The molecule has 2 N–H and O–H groups in total. The monoisotopic (exact) mass is 122 g/mol. The fourth-order valence-electron chi connectivity index (χ4n) is 0.0248. The van der Waals surface area contributed by atoms with Gasteiger partial charge >= 0.3 is 29.6 Å². The third kappa shape index (κ3) is 2.38. The van der Waals surface area contributed by atoms with Crippen LogP contribution in [0.3, 0.4) is 0 Å². The average molecular weight is 122 g/mol. The SMILES string of the molecule is OS1(O)OO1.[H-].[Na+]. The van der Waals surface area contributed by atoms with Gasteiger partial charge in [-0.3, -0.25) is 9.11 Å². The van der Waals surface area contributed by atoms with Crippen molar-refractivity contribution in [3.8, 4) is 0 Å². The second-order valence-electron chi connectivity index (χ2n) is 0.584. The Labute approximate surface area is 59.9 Å². The summed E-state index contributed by atoms with van der Waals surface area (Å²) in [5.41, 5.74) is 0. The van der Waals surface area contributed by atoms with Crippen molar-refractivity contribution in [2.45, 2.75) is 0 Å². The molecule has 1 fully saturated rings. The van der Waals surface area contributed by atoms with E-state index in [1.807, 2.05) is 0 Å². The number of hydrogen-bond donors (Lipinski definition) is 2. The fourth-order valence-corrected chi connectivity index (χ4v) is 0.224. The van der Waals surface area contributed by atoms with Crippen molar-refractivity contribution in [2.75, 3.05) is 0 Å². The molecule has 1 rings (SSSR count). The zero-order valence-electron chi connectivity index (χ0n) is 4.12. The Morgan fingerprint density at radius 3 is 1.50 bits per heavy atom. The van der Waals surface area contributed by atoms with E-state index in [0.717, 1.165) is 0 Å². The minimum absolute atomic E-state index is 0. The first kappa shape index (κ1) is 7.19. The van der Waals surface area contributed by atoms with Gasteiger partial charge < -0.3 is 1.43 Å². The molecule has 6 heavy (non-hydrogen) atoms. The first-order chi connectivity index (χ1) is 2.21. The topological polar surface area (TPSA) is 65.5 Å². The second kappa shape index (κ2) is 1.97. The molecule has 0 atom stereocenters. The molecule has 0 bridgehead atoms. The Hall–Kier alpha value is 1.19. The molecule has 1 aliphatic rings. The van der Waals surface area contributed by atoms with Gasteiger partial charge in [-0.25, -0.2) is 0 Å². The van der Waals surface area contributed by atoms with E-state index >= 15 is 0 Å². The van der Waals surface area contributed by atoms with Crippen LogP contribution in [0.5, 0.6) is 0 Å². The summed E-state index contributed by atoms with van der Waals surface area (Å²) < 4.78 is 22.8. The van der Waals surface area contributed by atoms with Crippen molar-refractivity contribution in [2.24, 2.45) is 0 Å². The molecule has 0 spiro atoms. The summed E-state index contributed by atoms with van der Waals surface area (Å²) in [5.74, 6) is 0. The summed E-state index contributed by atoms with van der Waals surface area (Å²) in [6.07, 6.45) is 0. The van der Waals surface area contributed by atoms with Crippen molar-refractivity contribution in [1.29, 1.82) is 0 Å². The van der Waals surface area contributed by atoms with Gasteiger partial charge in [-0.15, -0.1) is 0 Å². The molecule has 0 aliphatic carbocycles. The van der Waals surface area contributed by atoms with Gasteiger partial charge in [0.25, 0.3) is 11.2 Å². The van der Waals surface area contributed by atoms with E-state index in [0.29, 0.717) is 0 Å². The van der Waals surface area contributed by atoms with Crippen molar-refractivity contribution < 1.29 is 48.8 Å². The Kier molecular flexibility index (Phi) is 2.37. The molecule has 4 nitrogen and oxygen atoms in total. The van der Waals surface area contributed by atoms with E-state index in [9.17, 15) is 0 Å². The normalized spacial score (nSPS) is 30.3. The third-order valence-corrected chi connectivity index (χ3v) is 0.569. The maximum Gasteiger partial charge on any atom is 1.00 e. The summed E-state index contributed by atoms with van der Waals surface area (Å²) in [4.78, 5) is 0. The number of rotatable bonds is 0. The van der Waals surface area contributed by atoms with Crippen LogP contribution in [-0.4, -0.2) is 9.11 Å². The van der Waals surface area contributed by atoms with Crippen molar-refractivity contribution in [3.05, 3.63) is 0 Å². The number of hydrogen-bond acceptors (Lipinski definition) is 4. The van der Waals surface area contributed by atoms with Gasteiger partial charge in [0, 0.05) is 0 Å². The van der Waals surface area contributed by atoms with E-state index in [1.54, 1.807) is 0 Å². The fraction of sp³-hybridized carbons (Fsp3) is 0. The average Bonchev–Trinajstić information content (AvgIpc) is 1.76. The van der Waals surface area contributed by atoms with E-state index in [-0.39, 0.29) is 31.0 Å². The molecule has 0 unspecified atom stereocenters. The molecule has 1 saturated heterocycles. The van der Waals surface area contributed by atoms with Gasteiger partial charge in [-0.2, -0.15) is 0 Å². The van der Waals surface area contributed by atoms with Crippen LogP contribution in [-0.2, 0) is 8.67 Å². The molecule has 0 saturated carbocycles. The van der Waals surface area contributed by atoms with E-state index in [2.05, 4.69) is 8.67 Å². The minimum Gasteiger partial charge on any atom is -1.00 e. The van der Waals surface area contributed by atoms with Crippen LogP contribution in [0.2, 0.25) is 0 Å². The molecule has 6 heteroatoms. The molecule has 1 heterocycles. The predicted octanol–water partition coefficient (Wildman–Crippen LogP) is -2.35. The van der Waals surface area contributed by atoms with Crippen LogP contribution < -0.4 is 29.6 Å². The molecule has 0 radical (unpaired) electrons. The first-order valence-electron chi connectivity index (χ1n) is 0.865. The smallest absolute Gasteiger partial charge is 1.00 e. The first-order valence-corrected chi connectivity index (χ1v) is 2.26. The molecule has 0 aromatic heterocycles. The Bertz CT molecular complexity index is 49.7. The van der Waals surface area contributed by atoms with Crippen LogP contribution in [0.4, 0.5) is 0 Å². The summed E-state index contributed by atoms with van der Waals surface area (Å²) in [7, 11) is 0. The van der Waals surface area contributed by atoms with E-state index in [1.165, 1.54) is 0 Å². The summed E-state index contributed by atoms with van der Waals surface area (Å²) in [6.45, 7) is 0. The largest absolute Gasteiger partial charge is 1.00 e. The predicted molar refractivity (Wildman–Crippen MR) is 16.1 cm³/mol. The van der Waals surface area contributed by atoms with E-state index in [4.69, 9.17) is 9.11 Å². The van der Waals surface area contributed by atoms with Crippen LogP contribution in [0, 0.1) is 0 Å². The maximum absolute atomic E-state index is 7.83. The van der Waals surface area contributed by atoms with Gasteiger partial charge in [-0.05, 0) is 0 Å². The Balaban J connectivity index is 0. The minimum atomic E-state index is -2.92. The van der Waals surface area contributed by atoms with Gasteiger partial charge in [0.1, 0.15) is 0 Å². The summed E-state index contributed by atoms with van der Waals surface area (Å²) in [6, 6.07) is 0. The van der Waals surface area contributed by atoms with Crippen molar-refractivity contribution >= 4 is 11.2 Å². The molecule has 0 aromatic rings. The third-order valence-electron chi connectivity index (χ3n) is 0.190. The van der Waals surface area contributed by atoms with E-state index < -0.39 is 11.2 Å². The molecule has 0 aromatic carbocycles. The van der Waals surface area contributed by atoms with Crippen LogP contribution >= 0.6 is 11.2 Å². The van der Waals surface area contributed by atoms with Gasteiger partial charge in [0.15, 0.2) is 0 Å². The quantitative estimate of drug-likeness (QED) is 0.214. The standard InChI is InChI=1S/Na.H2O4S.H/c;1-5(2)3-4-5;/h;1-2H;/q+1;;-1. The van der Waals surface area contributed by atoms with Crippen molar-refractivity contribution in [3.63, 3.8) is 0 Å². The van der Waals surface area contributed by atoms with Gasteiger partial charge in [-0.1, -0.05) is 8.67 Å². The Morgan fingerprint density at radius 1 is 1.33 bits per heavy atom. The molecule has 0 amide bonds.